The van der Waals surface area contributed by atoms with E-state index in [0.29, 0.717) is 12.5 Å². The third-order valence-corrected chi connectivity index (χ3v) is 4.21. The van der Waals surface area contributed by atoms with Crippen molar-refractivity contribution in [2.45, 2.75) is 39.2 Å². The summed E-state index contributed by atoms with van der Waals surface area (Å²) < 4.78 is 0. The number of nitrogens with one attached hydrogen (secondary N) is 1. The lowest BCUT2D eigenvalue weighted by Crippen LogP contribution is -2.52. The van der Waals surface area contributed by atoms with Crippen molar-refractivity contribution in [1.82, 2.24) is 15.2 Å². The number of hydrogen-bond acceptors (Lipinski definition) is 4. The molecule has 0 spiro atoms. The van der Waals surface area contributed by atoms with E-state index < -0.39 is 0 Å². The zero-order valence-corrected chi connectivity index (χ0v) is 13.8. The number of hydrogen-bond donors (Lipinski definition) is 1. The standard InChI is InChI=1S/C17H28N4O/c1-3-8-19-17(22)5-4-11-20-12-13-21(14-15(20)2)16-6-9-18-10-7-16/h6-7,9-10,15H,3-5,8,11-14H2,1-2H3,(H,19,22). The van der Waals surface area contributed by atoms with Crippen LogP contribution in [0, 0.1) is 0 Å². The Hall–Kier alpha value is -1.62. The smallest absolute Gasteiger partial charge is 0.220 e. The van der Waals surface area contributed by atoms with Gasteiger partial charge in [-0.25, -0.2) is 0 Å². The number of rotatable bonds is 7. The van der Waals surface area contributed by atoms with Gasteiger partial charge in [0, 0.05) is 56.7 Å². The van der Waals surface area contributed by atoms with Crippen LogP contribution in [0.2, 0.25) is 0 Å². The Morgan fingerprint density at radius 2 is 2.14 bits per heavy atom. The molecule has 1 saturated heterocycles. The lowest BCUT2D eigenvalue weighted by Gasteiger charge is -2.41. The minimum atomic E-state index is 0.185. The molecule has 5 nitrogen and oxygen atoms in total. The summed E-state index contributed by atoms with van der Waals surface area (Å²) in [5.74, 6) is 0.185. The van der Waals surface area contributed by atoms with Gasteiger partial charge in [0.05, 0.1) is 0 Å². The zero-order chi connectivity index (χ0) is 15.8. The van der Waals surface area contributed by atoms with Gasteiger partial charge in [0.1, 0.15) is 0 Å². The molecule has 2 rings (SSSR count). The first-order valence-electron chi connectivity index (χ1n) is 8.36. The van der Waals surface area contributed by atoms with E-state index in [9.17, 15) is 4.79 Å². The maximum atomic E-state index is 11.6. The van der Waals surface area contributed by atoms with E-state index in [-0.39, 0.29) is 5.91 Å². The van der Waals surface area contributed by atoms with Gasteiger partial charge in [-0.1, -0.05) is 6.92 Å². The van der Waals surface area contributed by atoms with Gasteiger partial charge in [0.15, 0.2) is 0 Å². The first-order chi connectivity index (χ1) is 10.7. The van der Waals surface area contributed by atoms with Crippen LogP contribution in [0.4, 0.5) is 5.69 Å². The van der Waals surface area contributed by atoms with E-state index in [2.05, 4.69) is 46.1 Å². The second-order valence-electron chi connectivity index (χ2n) is 5.99. The molecule has 1 atom stereocenters. The fourth-order valence-corrected chi connectivity index (χ4v) is 2.91. The molecule has 5 heteroatoms. The van der Waals surface area contributed by atoms with Crippen molar-refractivity contribution in [2.75, 3.05) is 37.6 Å². The summed E-state index contributed by atoms with van der Waals surface area (Å²) in [7, 11) is 0. The zero-order valence-electron chi connectivity index (χ0n) is 13.8. The Bertz CT molecular complexity index is 451. The second kappa shape index (κ2) is 8.73. The molecule has 1 amide bonds. The fraction of sp³-hybridized carbons (Fsp3) is 0.647. The van der Waals surface area contributed by atoms with Gasteiger partial charge < -0.3 is 10.2 Å². The number of pyridine rings is 1. The SMILES string of the molecule is CCCNC(=O)CCCN1CCN(c2ccncc2)CC1C. The van der Waals surface area contributed by atoms with Crippen LogP contribution in [0.3, 0.4) is 0 Å². The van der Waals surface area contributed by atoms with Crippen LogP contribution in [0.5, 0.6) is 0 Å². The van der Waals surface area contributed by atoms with Gasteiger partial charge in [-0.15, -0.1) is 0 Å². The van der Waals surface area contributed by atoms with Gasteiger partial charge in [-0.2, -0.15) is 0 Å². The summed E-state index contributed by atoms with van der Waals surface area (Å²) in [5, 5.41) is 2.94. The first-order valence-corrected chi connectivity index (χ1v) is 8.36. The van der Waals surface area contributed by atoms with Gasteiger partial charge in [0.25, 0.3) is 0 Å². The van der Waals surface area contributed by atoms with Crippen LogP contribution < -0.4 is 10.2 Å². The number of anilines is 1. The van der Waals surface area contributed by atoms with Crippen LogP contribution in [0.1, 0.15) is 33.1 Å². The van der Waals surface area contributed by atoms with E-state index >= 15 is 0 Å². The highest BCUT2D eigenvalue weighted by molar-refractivity contribution is 5.75. The topological polar surface area (TPSA) is 48.5 Å². The van der Waals surface area contributed by atoms with Crippen LogP contribution in [-0.2, 0) is 4.79 Å². The van der Waals surface area contributed by atoms with Crippen molar-refractivity contribution in [3.8, 4) is 0 Å². The second-order valence-corrected chi connectivity index (χ2v) is 5.99. The lowest BCUT2D eigenvalue weighted by molar-refractivity contribution is -0.121. The van der Waals surface area contributed by atoms with Crippen molar-refractivity contribution in [3.63, 3.8) is 0 Å². The largest absolute Gasteiger partial charge is 0.369 e. The van der Waals surface area contributed by atoms with Gasteiger partial charge in [-0.05, 0) is 38.4 Å². The highest BCUT2D eigenvalue weighted by Crippen LogP contribution is 2.18. The van der Waals surface area contributed by atoms with Crippen molar-refractivity contribution in [2.24, 2.45) is 0 Å². The molecule has 1 unspecified atom stereocenters. The minimum absolute atomic E-state index is 0.185. The van der Waals surface area contributed by atoms with Gasteiger partial charge in [-0.3, -0.25) is 14.7 Å². The summed E-state index contributed by atoms with van der Waals surface area (Å²) in [6.07, 6.45) is 6.27. The van der Waals surface area contributed by atoms with Crippen LogP contribution >= 0.6 is 0 Å². The third-order valence-electron chi connectivity index (χ3n) is 4.21. The van der Waals surface area contributed by atoms with E-state index in [4.69, 9.17) is 0 Å². The molecule has 0 bridgehead atoms. The van der Waals surface area contributed by atoms with Crippen LogP contribution in [-0.4, -0.2) is 54.6 Å². The molecule has 1 aliphatic heterocycles. The molecule has 0 saturated carbocycles. The molecule has 122 valence electrons. The molecular formula is C17H28N4O. The Balaban J connectivity index is 1.71. The van der Waals surface area contributed by atoms with E-state index in [1.807, 2.05) is 12.4 Å². The maximum Gasteiger partial charge on any atom is 0.220 e. The molecule has 0 aliphatic carbocycles. The third kappa shape index (κ3) is 4.98. The molecule has 0 radical (unpaired) electrons. The molecule has 1 fully saturated rings. The molecule has 1 N–H and O–H groups in total. The van der Waals surface area contributed by atoms with E-state index in [1.165, 1.54) is 5.69 Å². The van der Waals surface area contributed by atoms with E-state index in [0.717, 1.165) is 45.6 Å². The van der Waals surface area contributed by atoms with Gasteiger partial charge in [0.2, 0.25) is 5.91 Å². The van der Waals surface area contributed by atoms with Crippen molar-refractivity contribution in [1.29, 1.82) is 0 Å². The highest BCUT2D eigenvalue weighted by Gasteiger charge is 2.23. The molecule has 1 aromatic heterocycles. The number of nitrogens with zero attached hydrogens (tertiary/aromatic N) is 3. The monoisotopic (exact) mass is 304 g/mol. The maximum absolute atomic E-state index is 11.6. The number of carbonyl (C=O) groups is 1. The van der Waals surface area contributed by atoms with Crippen molar-refractivity contribution < 1.29 is 4.79 Å². The molecule has 1 aromatic rings. The molecule has 1 aliphatic rings. The summed E-state index contributed by atoms with van der Waals surface area (Å²) in [5.41, 5.74) is 1.25. The number of piperazine rings is 1. The average Bonchev–Trinajstić information content (AvgIpc) is 2.55. The normalized spacial score (nSPS) is 19.2. The lowest BCUT2D eigenvalue weighted by atomic mass is 10.1. The minimum Gasteiger partial charge on any atom is -0.369 e. The van der Waals surface area contributed by atoms with Crippen molar-refractivity contribution in [3.05, 3.63) is 24.5 Å². The van der Waals surface area contributed by atoms with Crippen LogP contribution in [0.15, 0.2) is 24.5 Å². The van der Waals surface area contributed by atoms with Crippen molar-refractivity contribution >= 4 is 11.6 Å². The molecule has 0 aromatic carbocycles. The highest BCUT2D eigenvalue weighted by atomic mass is 16.1. The van der Waals surface area contributed by atoms with Gasteiger partial charge >= 0.3 is 0 Å². The Morgan fingerprint density at radius 1 is 1.36 bits per heavy atom. The molecule has 22 heavy (non-hydrogen) atoms. The van der Waals surface area contributed by atoms with Crippen LogP contribution in [0.25, 0.3) is 0 Å². The Morgan fingerprint density at radius 3 is 2.82 bits per heavy atom. The predicted molar refractivity (Wildman–Crippen MR) is 90.0 cm³/mol. The van der Waals surface area contributed by atoms with E-state index in [1.54, 1.807) is 0 Å². The predicted octanol–water partition coefficient (Wildman–Crippen LogP) is 1.90. The molecule has 2 heterocycles. The summed E-state index contributed by atoms with van der Waals surface area (Å²) >= 11 is 0. The molecular weight excluding hydrogens is 276 g/mol. The summed E-state index contributed by atoms with van der Waals surface area (Å²) in [4.78, 5) is 20.6. The summed E-state index contributed by atoms with van der Waals surface area (Å²) in [6.45, 7) is 9.27. The fourth-order valence-electron chi connectivity index (χ4n) is 2.91. The number of carbonyl (C=O) groups excluding carboxylic acids is 1. The quantitative estimate of drug-likeness (QED) is 0.836. The summed E-state index contributed by atoms with van der Waals surface area (Å²) in [6, 6.07) is 4.65. The number of amides is 1. The first kappa shape index (κ1) is 16.7. The number of aromatic nitrogens is 1. The average molecular weight is 304 g/mol. The Kier molecular flexibility index (Phi) is 6.65. The Labute approximate surface area is 133 Å².